The van der Waals surface area contributed by atoms with Crippen LogP contribution in [0.2, 0.25) is 0 Å². The van der Waals surface area contributed by atoms with E-state index < -0.39 is 5.41 Å². The molecule has 1 aliphatic rings. The summed E-state index contributed by atoms with van der Waals surface area (Å²) in [5, 5.41) is 4.72. The van der Waals surface area contributed by atoms with Crippen molar-refractivity contribution >= 4 is 70.5 Å². The SMILES string of the molecule is c1ccc(-c2cccc(N(c3cccc4c3sc3ccccc34)c3cccc4oc5cc(C6(c7ccccc7)c7ccccc7-c7ccccc76)ccc5c34)c2)cc1. The molecule has 58 heavy (non-hydrogen) atoms. The van der Waals surface area contributed by atoms with Crippen molar-refractivity contribution in [3.63, 3.8) is 0 Å². The molecule has 0 saturated carbocycles. The molecule has 0 aliphatic heterocycles. The molecule has 0 radical (unpaired) electrons. The number of anilines is 3. The number of rotatable bonds is 6. The topological polar surface area (TPSA) is 16.4 Å². The Balaban J connectivity index is 1.12. The van der Waals surface area contributed by atoms with Crippen LogP contribution >= 0.6 is 11.3 Å². The van der Waals surface area contributed by atoms with E-state index in [2.05, 4.69) is 217 Å². The summed E-state index contributed by atoms with van der Waals surface area (Å²) in [6, 6.07) is 77.3. The maximum atomic E-state index is 6.98. The third-order valence-electron chi connectivity index (χ3n) is 12.1. The number of benzene rings is 9. The molecule has 0 unspecified atom stereocenters. The molecule has 2 heterocycles. The predicted molar refractivity (Wildman–Crippen MR) is 244 cm³/mol. The number of nitrogens with zero attached hydrogens (tertiary/aromatic N) is 1. The summed E-state index contributed by atoms with van der Waals surface area (Å²) in [6.45, 7) is 0. The van der Waals surface area contributed by atoms with Crippen molar-refractivity contribution in [1.82, 2.24) is 0 Å². The van der Waals surface area contributed by atoms with Gasteiger partial charge in [-0.25, -0.2) is 0 Å². The molecular weight excluding hydrogens is 723 g/mol. The van der Waals surface area contributed by atoms with Gasteiger partial charge >= 0.3 is 0 Å². The lowest BCUT2D eigenvalue weighted by molar-refractivity contribution is 0.665. The zero-order chi connectivity index (χ0) is 38.2. The lowest BCUT2D eigenvalue weighted by Crippen LogP contribution is -2.28. The number of hydrogen-bond donors (Lipinski definition) is 0. The van der Waals surface area contributed by atoms with Crippen LogP contribution in [0.15, 0.2) is 217 Å². The van der Waals surface area contributed by atoms with E-state index in [1.807, 2.05) is 11.3 Å². The molecule has 0 bridgehead atoms. The van der Waals surface area contributed by atoms with Crippen LogP contribution in [0.4, 0.5) is 17.1 Å². The molecule has 11 aromatic rings. The first kappa shape index (κ1) is 33.0. The average molecular weight is 758 g/mol. The highest BCUT2D eigenvalue weighted by Gasteiger charge is 2.46. The average Bonchev–Trinajstić information content (AvgIpc) is 3.96. The largest absolute Gasteiger partial charge is 0.456 e. The van der Waals surface area contributed by atoms with Gasteiger partial charge in [-0.15, -0.1) is 11.3 Å². The molecule has 0 amide bonds. The highest BCUT2D eigenvalue weighted by molar-refractivity contribution is 7.26. The van der Waals surface area contributed by atoms with E-state index in [-0.39, 0.29) is 0 Å². The van der Waals surface area contributed by atoms with E-state index in [9.17, 15) is 0 Å². The summed E-state index contributed by atoms with van der Waals surface area (Å²) in [4.78, 5) is 2.45. The molecule has 1 aliphatic carbocycles. The summed E-state index contributed by atoms with van der Waals surface area (Å²) in [5.41, 5.74) is 14.4. The van der Waals surface area contributed by atoms with Gasteiger partial charge in [-0.2, -0.15) is 0 Å². The van der Waals surface area contributed by atoms with Crippen LogP contribution in [0.3, 0.4) is 0 Å². The first-order chi connectivity index (χ1) is 28.8. The Hall–Kier alpha value is -7.20. The van der Waals surface area contributed by atoms with Crippen LogP contribution in [-0.4, -0.2) is 0 Å². The van der Waals surface area contributed by atoms with Crippen molar-refractivity contribution in [2.24, 2.45) is 0 Å². The van der Waals surface area contributed by atoms with E-state index in [0.29, 0.717) is 0 Å². The summed E-state index contributed by atoms with van der Waals surface area (Å²) in [5.74, 6) is 0. The Labute approximate surface area is 340 Å². The van der Waals surface area contributed by atoms with Crippen LogP contribution in [0.5, 0.6) is 0 Å². The van der Waals surface area contributed by atoms with Gasteiger partial charge < -0.3 is 9.32 Å². The van der Waals surface area contributed by atoms with Gasteiger partial charge in [0, 0.05) is 26.5 Å². The molecule has 0 N–H and O–H groups in total. The van der Waals surface area contributed by atoms with Crippen molar-refractivity contribution in [3.8, 4) is 22.3 Å². The Bertz CT molecular complexity index is 3310. The van der Waals surface area contributed by atoms with Crippen molar-refractivity contribution in [2.75, 3.05) is 4.90 Å². The fourth-order valence-corrected chi connectivity index (χ4v) is 10.9. The van der Waals surface area contributed by atoms with Gasteiger partial charge in [-0.1, -0.05) is 170 Å². The highest BCUT2D eigenvalue weighted by Crippen LogP contribution is 2.57. The minimum atomic E-state index is -0.509. The molecule has 12 rings (SSSR count). The number of fused-ring (bicyclic) bond motifs is 9. The van der Waals surface area contributed by atoms with Crippen LogP contribution < -0.4 is 4.90 Å². The number of furan rings is 1. The van der Waals surface area contributed by atoms with Crippen LogP contribution in [-0.2, 0) is 5.41 Å². The second-order valence-corrected chi connectivity index (χ2v) is 16.2. The first-order valence-corrected chi connectivity index (χ1v) is 20.7. The maximum absolute atomic E-state index is 6.98. The summed E-state index contributed by atoms with van der Waals surface area (Å²) in [6.07, 6.45) is 0. The minimum Gasteiger partial charge on any atom is -0.456 e. The fraction of sp³-hybridized carbons (Fsp3) is 0.0182. The summed E-state index contributed by atoms with van der Waals surface area (Å²) < 4.78 is 9.51. The molecule has 272 valence electrons. The monoisotopic (exact) mass is 757 g/mol. The first-order valence-electron chi connectivity index (χ1n) is 19.8. The molecule has 0 saturated heterocycles. The molecular formula is C55H35NOS. The van der Waals surface area contributed by atoms with Crippen molar-refractivity contribution in [2.45, 2.75) is 5.41 Å². The zero-order valence-corrected chi connectivity index (χ0v) is 32.3. The van der Waals surface area contributed by atoms with Crippen LogP contribution in [0, 0.1) is 0 Å². The van der Waals surface area contributed by atoms with Crippen LogP contribution in [0.1, 0.15) is 22.3 Å². The third-order valence-corrected chi connectivity index (χ3v) is 13.4. The second kappa shape index (κ2) is 12.9. The molecule has 9 aromatic carbocycles. The molecule has 0 fully saturated rings. The van der Waals surface area contributed by atoms with Crippen LogP contribution in [0.25, 0.3) is 64.4 Å². The van der Waals surface area contributed by atoms with Crippen molar-refractivity contribution in [1.29, 1.82) is 0 Å². The summed E-state index contributed by atoms with van der Waals surface area (Å²) in [7, 11) is 0. The molecule has 2 nitrogen and oxygen atoms in total. The Kier molecular flexibility index (Phi) is 7.35. The third kappa shape index (κ3) is 4.78. The Morgan fingerprint density at radius 1 is 0.414 bits per heavy atom. The van der Waals surface area contributed by atoms with Gasteiger partial charge in [0.1, 0.15) is 11.2 Å². The van der Waals surface area contributed by atoms with E-state index >= 15 is 0 Å². The van der Waals surface area contributed by atoms with Gasteiger partial charge in [0.15, 0.2) is 0 Å². The number of thiophene rings is 1. The number of hydrogen-bond acceptors (Lipinski definition) is 3. The van der Waals surface area contributed by atoms with E-state index in [4.69, 9.17) is 4.42 Å². The van der Waals surface area contributed by atoms with Crippen molar-refractivity contribution < 1.29 is 4.42 Å². The second-order valence-electron chi connectivity index (χ2n) is 15.2. The predicted octanol–water partition coefficient (Wildman–Crippen LogP) is 15.5. The minimum absolute atomic E-state index is 0.509. The summed E-state index contributed by atoms with van der Waals surface area (Å²) >= 11 is 1.85. The normalized spacial score (nSPS) is 13.0. The van der Waals surface area contributed by atoms with E-state index in [1.165, 1.54) is 64.7 Å². The van der Waals surface area contributed by atoms with Gasteiger partial charge in [0.25, 0.3) is 0 Å². The van der Waals surface area contributed by atoms with E-state index in [1.54, 1.807) is 0 Å². The Morgan fingerprint density at radius 3 is 1.86 bits per heavy atom. The standard InChI is InChI=1S/C55H35NOS/c1-3-16-36(17-4-1)37-18-13-21-40(34-37)56(49-29-14-25-44-43-24-9-12-31-52(43)58-54(44)49)48-28-15-30-50-53(48)45-33-32-39(35-51(45)57-50)55(38-19-5-2-6-20-38)46-26-10-7-22-41(46)42-23-8-11-27-47(42)55/h1-35H. The maximum Gasteiger partial charge on any atom is 0.137 e. The molecule has 0 atom stereocenters. The quantitative estimate of drug-likeness (QED) is 0.168. The lowest BCUT2D eigenvalue weighted by atomic mass is 9.67. The highest BCUT2D eigenvalue weighted by atomic mass is 32.1. The molecule has 2 aromatic heterocycles. The van der Waals surface area contributed by atoms with Gasteiger partial charge in [-0.05, 0) is 87.0 Å². The smallest absolute Gasteiger partial charge is 0.137 e. The lowest BCUT2D eigenvalue weighted by Gasteiger charge is -2.33. The van der Waals surface area contributed by atoms with Crippen molar-refractivity contribution in [3.05, 3.63) is 235 Å². The van der Waals surface area contributed by atoms with Gasteiger partial charge in [0.05, 0.1) is 26.9 Å². The molecule has 3 heteroatoms. The van der Waals surface area contributed by atoms with E-state index in [0.717, 1.165) is 39.0 Å². The zero-order valence-electron chi connectivity index (χ0n) is 31.5. The fourth-order valence-electron chi connectivity index (χ4n) is 9.71. The van der Waals surface area contributed by atoms with Gasteiger partial charge in [0.2, 0.25) is 0 Å². The molecule has 0 spiro atoms. The van der Waals surface area contributed by atoms with Gasteiger partial charge in [-0.3, -0.25) is 0 Å². The Morgan fingerprint density at radius 2 is 1.05 bits per heavy atom.